The lowest BCUT2D eigenvalue weighted by Gasteiger charge is -2.36. The number of amides is 1. The molecule has 2 rings (SSSR count). The van der Waals surface area contributed by atoms with Crippen LogP contribution in [0.3, 0.4) is 0 Å². The molecule has 2 N–H and O–H groups in total. The summed E-state index contributed by atoms with van der Waals surface area (Å²) in [6.45, 7) is 7.70. The molecule has 0 bridgehead atoms. The van der Waals surface area contributed by atoms with Crippen LogP contribution in [0.2, 0.25) is 0 Å². The highest BCUT2D eigenvalue weighted by Gasteiger charge is 2.42. The van der Waals surface area contributed by atoms with Crippen molar-refractivity contribution < 1.29 is 4.79 Å². The summed E-state index contributed by atoms with van der Waals surface area (Å²) in [4.78, 5) is 14.6. The van der Waals surface area contributed by atoms with Gasteiger partial charge in [0.05, 0.1) is 5.41 Å². The van der Waals surface area contributed by atoms with E-state index in [4.69, 9.17) is 0 Å². The molecule has 0 spiro atoms. The third-order valence-electron chi connectivity index (χ3n) is 3.83. The van der Waals surface area contributed by atoms with Gasteiger partial charge < -0.3 is 15.5 Å². The van der Waals surface area contributed by atoms with E-state index in [1.807, 2.05) is 0 Å². The summed E-state index contributed by atoms with van der Waals surface area (Å²) >= 11 is 0. The van der Waals surface area contributed by atoms with E-state index in [9.17, 15) is 4.79 Å². The van der Waals surface area contributed by atoms with Crippen LogP contribution in [-0.2, 0) is 4.79 Å². The highest BCUT2D eigenvalue weighted by molar-refractivity contribution is 5.83. The summed E-state index contributed by atoms with van der Waals surface area (Å²) in [6.07, 6.45) is 3.14. The van der Waals surface area contributed by atoms with Gasteiger partial charge in [-0.1, -0.05) is 13.3 Å². The van der Waals surface area contributed by atoms with Gasteiger partial charge in [-0.3, -0.25) is 4.79 Å². The summed E-state index contributed by atoms with van der Waals surface area (Å²) in [5, 5.41) is 6.65. The van der Waals surface area contributed by atoms with E-state index in [-0.39, 0.29) is 5.41 Å². The largest absolute Gasteiger partial charge is 0.340 e. The molecule has 92 valence electrons. The molecule has 2 fully saturated rings. The van der Waals surface area contributed by atoms with Gasteiger partial charge in [0.15, 0.2) is 0 Å². The Balaban J connectivity index is 2.04. The summed E-state index contributed by atoms with van der Waals surface area (Å²) in [5.41, 5.74) is -0.0912. The number of hydrogen-bond donors (Lipinski definition) is 2. The molecular formula is C12H23N3O. The highest BCUT2D eigenvalue weighted by atomic mass is 16.2. The minimum absolute atomic E-state index is 0.0912. The number of nitrogens with zero attached hydrogens (tertiary/aromatic N) is 1. The summed E-state index contributed by atoms with van der Waals surface area (Å²) < 4.78 is 0. The SMILES string of the molecule is CCCC1(C(=O)N2CCNCC2)CCNC1. The molecule has 2 aliphatic heterocycles. The van der Waals surface area contributed by atoms with Gasteiger partial charge in [0.1, 0.15) is 0 Å². The van der Waals surface area contributed by atoms with E-state index in [2.05, 4.69) is 22.5 Å². The van der Waals surface area contributed by atoms with E-state index in [1.165, 1.54) is 0 Å². The average Bonchev–Trinajstić information content (AvgIpc) is 2.80. The van der Waals surface area contributed by atoms with Crippen molar-refractivity contribution in [1.82, 2.24) is 15.5 Å². The zero-order valence-electron chi connectivity index (χ0n) is 10.2. The van der Waals surface area contributed by atoms with E-state index in [0.717, 1.165) is 58.5 Å². The van der Waals surface area contributed by atoms with Crippen LogP contribution in [0.1, 0.15) is 26.2 Å². The molecule has 4 nitrogen and oxygen atoms in total. The third kappa shape index (κ3) is 2.23. The van der Waals surface area contributed by atoms with Crippen LogP contribution in [0.15, 0.2) is 0 Å². The molecular weight excluding hydrogens is 202 g/mol. The van der Waals surface area contributed by atoms with Crippen molar-refractivity contribution in [3.8, 4) is 0 Å². The van der Waals surface area contributed by atoms with E-state index in [0.29, 0.717) is 5.91 Å². The van der Waals surface area contributed by atoms with Crippen LogP contribution in [0, 0.1) is 5.41 Å². The van der Waals surface area contributed by atoms with Crippen molar-refractivity contribution in [2.45, 2.75) is 26.2 Å². The number of rotatable bonds is 3. The Hall–Kier alpha value is -0.610. The zero-order valence-corrected chi connectivity index (χ0v) is 10.2. The molecule has 2 aliphatic rings. The molecule has 2 saturated heterocycles. The van der Waals surface area contributed by atoms with Crippen LogP contribution in [-0.4, -0.2) is 50.1 Å². The Morgan fingerprint density at radius 1 is 1.25 bits per heavy atom. The monoisotopic (exact) mass is 225 g/mol. The van der Waals surface area contributed by atoms with Gasteiger partial charge in [-0.05, 0) is 19.4 Å². The molecule has 0 aliphatic carbocycles. The van der Waals surface area contributed by atoms with Gasteiger partial charge in [-0.25, -0.2) is 0 Å². The molecule has 0 radical (unpaired) electrons. The molecule has 2 heterocycles. The van der Waals surface area contributed by atoms with Gasteiger partial charge in [0.2, 0.25) is 5.91 Å². The number of carbonyl (C=O) groups excluding carboxylic acids is 1. The lowest BCUT2D eigenvalue weighted by atomic mass is 9.81. The normalized spacial score (nSPS) is 30.7. The van der Waals surface area contributed by atoms with Crippen molar-refractivity contribution in [3.63, 3.8) is 0 Å². The van der Waals surface area contributed by atoms with Crippen LogP contribution < -0.4 is 10.6 Å². The van der Waals surface area contributed by atoms with Gasteiger partial charge >= 0.3 is 0 Å². The molecule has 0 aromatic heterocycles. The maximum absolute atomic E-state index is 12.6. The molecule has 0 aromatic carbocycles. The quantitative estimate of drug-likeness (QED) is 0.721. The second-order valence-electron chi connectivity index (χ2n) is 5.00. The fraction of sp³-hybridized carbons (Fsp3) is 0.917. The first-order chi connectivity index (χ1) is 7.78. The smallest absolute Gasteiger partial charge is 0.230 e. The van der Waals surface area contributed by atoms with Crippen molar-refractivity contribution >= 4 is 5.91 Å². The molecule has 16 heavy (non-hydrogen) atoms. The molecule has 0 aromatic rings. The lowest BCUT2D eigenvalue weighted by molar-refractivity contribution is -0.142. The Morgan fingerprint density at radius 3 is 2.56 bits per heavy atom. The number of nitrogens with one attached hydrogen (secondary N) is 2. The second kappa shape index (κ2) is 5.15. The first-order valence-electron chi connectivity index (χ1n) is 6.49. The number of hydrogen-bond acceptors (Lipinski definition) is 3. The number of piperazine rings is 1. The van der Waals surface area contributed by atoms with Crippen LogP contribution >= 0.6 is 0 Å². The minimum atomic E-state index is -0.0912. The fourth-order valence-corrected chi connectivity index (χ4v) is 2.93. The molecule has 4 heteroatoms. The first-order valence-corrected chi connectivity index (χ1v) is 6.49. The summed E-state index contributed by atoms with van der Waals surface area (Å²) in [7, 11) is 0. The van der Waals surface area contributed by atoms with Gasteiger partial charge in [0, 0.05) is 32.7 Å². The molecule has 0 saturated carbocycles. The first kappa shape index (κ1) is 11.9. The molecule has 1 atom stereocenters. The maximum atomic E-state index is 12.6. The molecule has 1 amide bonds. The van der Waals surface area contributed by atoms with E-state index in [1.54, 1.807) is 0 Å². The van der Waals surface area contributed by atoms with Crippen LogP contribution in [0.4, 0.5) is 0 Å². The Kier molecular flexibility index (Phi) is 3.82. The standard InChI is InChI=1S/C12H23N3O/c1-2-3-12(4-5-14-10-12)11(16)15-8-6-13-7-9-15/h13-14H,2-10H2,1H3. The highest BCUT2D eigenvalue weighted by Crippen LogP contribution is 2.33. The van der Waals surface area contributed by atoms with Crippen LogP contribution in [0.25, 0.3) is 0 Å². The van der Waals surface area contributed by atoms with Crippen LogP contribution in [0.5, 0.6) is 0 Å². The average molecular weight is 225 g/mol. The van der Waals surface area contributed by atoms with Crippen molar-refractivity contribution in [2.24, 2.45) is 5.41 Å². The fourth-order valence-electron chi connectivity index (χ4n) is 2.93. The topological polar surface area (TPSA) is 44.4 Å². The predicted octanol–water partition coefficient (Wildman–Crippen LogP) is 0.198. The van der Waals surface area contributed by atoms with Crippen molar-refractivity contribution in [2.75, 3.05) is 39.3 Å². The van der Waals surface area contributed by atoms with E-state index < -0.39 is 0 Å². The number of carbonyl (C=O) groups is 1. The second-order valence-corrected chi connectivity index (χ2v) is 5.00. The van der Waals surface area contributed by atoms with Gasteiger partial charge in [0.25, 0.3) is 0 Å². The Bertz CT molecular complexity index is 243. The Morgan fingerprint density at radius 2 is 2.00 bits per heavy atom. The maximum Gasteiger partial charge on any atom is 0.230 e. The lowest BCUT2D eigenvalue weighted by Crippen LogP contribution is -2.52. The minimum Gasteiger partial charge on any atom is -0.340 e. The third-order valence-corrected chi connectivity index (χ3v) is 3.83. The zero-order chi connectivity index (χ0) is 11.4. The summed E-state index contributed by atoms with van der Waals surface area (Å²) in [6, 6.07) is 0. The summed E-state index contributed by atoms with van der Waals surface area (Å²) in [5.74, 6) is 0.390. The van der Waals surface area contributed by atoms with E-state index >= 15 is 0 Å². The van der Waals surface area contributed by atoms with Crippen molar-refractivity contribution in [3.05, 3.63) is 0 Å². The molecule has 1 unspecified atom stereocenters. The van der Waals surface area contributed by atoms with Crippen molar-refractivity contribution in [1.29, 1.82) is 0 Å². The predicted molar refractivity (Wildman–Crippen MR) is 64.3 cm³/mol. The van der Waals surface area contributed by atoms with Gasteiger partial charge in [-0.15, -0.1) is 0 Å². The Labute approximate surface area is 97.8 Å². The van der Waals surface area contributed by atoms with Gasteiger partial charge in [-0.2, -0.15) is 0 Å².